The highest BCUT2D eigenvalue weighted by molar-refractivity contribution is 6.04. The number of rotatable bonds is 6. The molecule has 218 valence electrons. The molecule has 0 bridgehead atoms. The van der Waals surface area contributed by atoms with E-state index in [-0.39, 0.29) is 23.5 Å². The molecule has 1 saturated heterocycles. The van der Waals surface area contributed by atoms with Gasteiger partial charge in [0.25, 0.3) is 5.91 Å². The van der Waals surface area contributed by atoms with E-state index >= 15 is 0 Å². The fourth-order valence-corrected chi connectivity index (χ4v) is 4.71. The number of anilines is 2. The summed E-state index contributed by atoms with van der Waals surface area (Å²) in [6.07, 6.45) is -1.50. The molecule has 4 aromatic rings. The van der Waals surface area contributed by atoms with Gasteiger partial charge in [0.1, 0.15) is 17.3 Å². The van der Waals surface area contributed by atoms with Gasteiger partial charge < -0.3 is 15.1 Å². The van der Waals surface area contributed by atoms with E-state index in [9.17, 15) is 18.0 Å². The van der Waals surface area contributed by atoms with E-state index < -0.39 is 17.6 Å². The Labute approximate surface area is 242 Å². The predicted molar refractivity (Wildman–Crippen MR) is 154 cm³/mol. The standard InChI is InChI=1S/C30H31F3N8O/c1-4-39-13-15-40(16-14-39)20-23-7-6-22(18-25(23)30(31,32)33)29(42)36-26-17-21(11-12-34-26)5-8-24-19-35-27-9-10-28(38(2)3)37-41(24)27/h6-7,9-12,17-19H,4,13-16,20H2,1-3H3,(H,34,36,42). The Morgan fingerprint density at radius 3 is 2.48 bits per heavy atom. The molecule has 0 saturated carbocycles. The molecule has 0 radical (unpaired) electrons. The van der Waals surface area contributed by atoms with Gasteiger partial charge in [0.15, 0.2) is 5.65 Å². The number of hydrogen-bond donors (Lipinski definition) is 1. The molecule has 3 aromatic heterocycles. The Balaban J connectivity index is 1.31. The van der Waals surface area contributed by atoms with Gasteiger partial charge in [0.05, 0.1) is 11.8 Å². The van der Waals surface area contributed by atoms with Crippen LogP contribution in [-0.4, -0.2) is 82.1 Å². The van der Waals surface area contributed by atoms with Crippen LogP contribution in [0.25, 0.3) is 5.65 Å². The lowest BCUT2D eigenvalue weighted by molar-refractivity contribution is -0.138. The Kier molecular flexibility index (Phi) is 8.42. The summed E-state index contributed by atoms with van der Waals surface area (Å²) in [5.74, 6) is 6.26. The summed E-state index contributed by atoms with van der Waals surface area (Å²) in [5, 5.41) is 7.13. The third-order valence-electron chi connectivity index (χ3n) is 7.13. The van der Waals surface area contributed by atoms with E-state index in [2.05, 4.69) is 44.0 Å². The highest BCUT2D eigenvalue weighted by Gasteiger charge is 2.34. The lowest BCUT2D eigenvalue weighted by Crippen LogP contribution is -2.45. The van der Waals surface area contributed by atoms with Gasteiger partial charge in [-0.25, -0.2) is 14.5 Å². The van der Waals surface area contributed by atoms with Crippen molar-refractivity contribution < 1.29 is 18.0 Å². The van der Waals surface area contributed by atoms with Crippen LogP contribution in [0.4, 0.5) is 24.8 Å². The van der Waals surface area contributed by atoms with Gasteiger partial charge in [-0.2, -0.15) is 13.2 Å². The van der Waals surface area contributed by atoms with Crippen molar-refractivity contribution >= 4 is 23.2 Å². The molecule has 1 aromatic carbocycles. The zero-order valence-corrected chi connectivity index (χ0v) is 23.6. The van der Waals surface area contributed by atoms with Crippen molar-refractivity contribution in [2.45, 2.75) is 19.6 Å². The van der Waals surface area contributed by atoms with E-state index in [1.54, 1.807) is 22.8 Å². The molecule has 1 fully saturated rings. The maximum Gasteiger partial charge on any atom is 0.416 e. The summed E-state index contributed by atoms with van der Waals surface area (Å²) in [5.41, 5.74) is 1.01. The number of halogens is 3. The molecule has 12 heteroatoms. The fourth-order valence-electron chi connectivity index (χ4n) is 4.71. The Morgan fingerprint density at radius 2 is 1.76 bits per heavy atom. The summed E-state index contributed by atoms with van der Waals surface area (Å²) in [4.78, 5) is 27.6. The van der Waals surface area contributed by atoms with Crippen molar-refractivity contribution in [1.82, 2.24) is 29.4 Å². The van der Waals surface area contributed by atoms with E-state index in [1.807, 2.05) is 36.0 Å². The highest BCUT2D eigenvalue weighted by atomic mass is 19.4. The molecule has 0 unspecified atom stereocenters. The summed E-state index contributed by atoms with van der Waals surface area (Å²) in [6, 6.07) is 10.7. The molecule has 1 aliphatic heterocycles. The number of piperazine rings is 1. The Hall–Kier alpha value is -4.47. The van der Waals surface area contributed by atoms with E-state index in [1.165, 1.54) is 18.3 Å². The number of pyridine rings is 1. The molecular weight excluding hydrogens is 545 g/mol. The zero-order chi connectivity index (χ0) is 29.9. The van der Waals surface area contributed by atoms with Crippen molar-refractivity contribution in [3.05, 3.63) is 82.8 Å². The number of imidazole rings is 1. The Bertz CT molecular complexity index is 1650. The molecule has 0 spiro atoms. The first-order valence-electron chi connectivity index (χ1n) is 13.6. The number of likely N-dealkylation sites (N-methyl/N-ethyl adjacent to an activating group) is 1. The lowest BCUT2D eigenvalue weighted by atomic mass is 10.0. The van der Waals surface area contributed by atoms with Crippen LogP contribution < -0.4 is 10.2 Å². The average molecular weight is 577 g/mol. The number of nitrogens with one attached hydrogen (secondary N) is 1. The number of hydrogen-bond acceptors (Lipinski definition) is 7. The molecular formula is C30H31F3N8O. The first-order chi connectivity index (χ1) is 20.1. The van der Waals surface area contributed by atoms with Crippen LogP contribution >= 0.6 is 0 Å². The topological polar surface area (TPSA) is 81.9 Å². The first kappa shape index (κ1) is 29.0. The van der Waals surface area contributed by atoms with Gasteiger partial charge in [-0.05, 0) is 54.4 Å². The monoisotopic (exact) mass is 576 g/mol. The maximum absolute atomic E-state index is 14.0. The number of carbonyl (C=O) groups is 1. The first-order valence-corrected chi connectivity index (χ1v) is 13.6. The van der Waals surface area contributed by atoms with Gasteiger partial charge >= 0.3 is 6.18 Å². The molecule has 0 aliphatic carbocycles. The van der Waals surface area contributed by atoms with Crippen LogP contribution in [0.1, 0.15) is 39.7 Å². The molecule has 9 nitrogen and oxygen atoms in total. The van der Waals surface area contributed by atoms with Gasteiger partial charge in [-0.1, -0.05) is 18.9 Å². The number of fused-ring (bicyclic) bond motifs is 1. The second kappa shape index (κ2) is 12.2. The van der Waals surface area contributed by atoms with Gasteiger partial charge in [0.2, 0.25) is 0 Å². The summed E-state index contributed by atoms with van der Waals surface area (Å²) >= 11 is 0. The highest BCUT2D eigenvalue weighted by Crippen LogP contribution is 2.33. The van der Waals surface area contributed by atoms with Crippen molar-refractivity contribution in [3.8, 4) is 11.8 Å². The lowest BCUT2D eigenvalue weighted by Gasteiger charge is -2.34. The van der Waals surface area contributed by atoms with Gasteiger partial charge in [-0.15, -0.1) is 5.10 Å². The molecule has 5 rings (SSSR count). The minimum Gasteiger partial charge on any atom is -0.361 e. The number of nitrogens with zero attached hydrogens (tertiary/aromatic N) is 7. The molecule has 42 heavy (non-hydrogen) atoms. The number of aromatic nitrogens is 4. The zero-order valence-electron chi connectivity index (χ0n) is 23.6. The van der Waals surface area contributed by atoms with Crippen LogP contribution in [0, 0.1) is 11.8 Å². The maximum atomic E-state index is 14.0. The second-order valence-corrected chi connectivity index (χ2v) is 10.2. The van der Waals surface area contributed by atoms with Crippen LogP contribution in [-0.2, 0) is 12.7 Å². The van der Waals surface area contributed by atoms with Crippen molar-refractivity contribution in [2.24, 2.45) is 0 Å². The SMILES string of the molecule is CCN1CCN(Cc2ccc(C(=O)Nc3cc(C#Cc4cnc5ccc(N(C)C)nn45)ccn3)cc2C(F)(F)F)CC1. The third-order valence-corrected chi connectivity index (χ3v) is 7.13. The fraction of sp³-hybridized carbons (Fsp3) is 0.333. The number of benzene rings is 1. The van der Waals surface area contributed by atoms with E-state index in [0.29, 0.717) is 30.0 Å². The number of amides is 1. The predicted octanol–water partition coefficient (Wildman–Crippen LogP) is 4.00. The average Bonchev–Trinajstić information content (AvgIpc) is 3.38. The van der Waals surface area contributed by atoms with Crippen LogP contribution in [0.3, 0.4) is 0 Å². The quantitative estimate of drug-likeness (QED) is 0.348. The van der Waals surface area contributed by atoms with Crippen molar-refractivity contribution in [3.63, 3.8) is 0 Å². The molecule has 1 N–H and O–H groups in total. The Morgan fingerprint density at radius 1 is 1.00 bits per heavy atom. The summed E-state index contributed by atoms with van der Waals surface area (Å²) in [6.45, 7) is 6.21. The van der Waals surface area contributed by atoms with Gasteiger partial charge in [-0.3, -0.25) is 9.69 Å². The van der Waals surface area contributed by atoms with Crippen LogP contribution in [0.15, 0.2) is 54.9 Å². The molecule has 1 aliphatic rings. The van der Waals surface area contributed by atoms with Crippen molar-refractivity contribution in [2.75, 3.05) is 57.0 Å². The van der Waals surface area contributed by atoms with E-state index in [0.717, 1.165) is 31.5 Å². The minimum absolute atomic E-state index is 0.103. The minimum atomic E-state index is -4.59. The summed E-state index contributed by atoms with van der Waals surface area (Å²) in [7, 11) is 3.77. The largest absolute Gasteiger partial charge is 0.416 e. The molecule has 0 atom stereocenters. The smallest absolute Gasteiger partial charge is 0.361 e. The van der Waals surface area contributed by atoms with Crippen LogP contribution in [0.2, 0.25) is 0 Å². The second-order valence-electron chi connectivity index (χ2n) is 10.2. The van der Waals surface area contributed by atoms with Crippen LogP contribution in [0.5, 0.6) is 0 Å². The number of carbonyl (C=O) groups excluding carboxylic acids is 1. The normalized spacial score (nSPS) is 14.4. The van der Waals surface area contributed by atoms with E-state index in [4.69, 9.17) is 0 Å². The third kappa shape index (κ3) is 6.70. The molecule has 4 heterocycles. The van der Waals surface area contributed by atoms with Crippen molar-refractivity contribution in [1.29, 1.82) is 0 Å². The summed E-state index contributed by atoms with van der Waals surface area (Å²) < 4.78 is 43.6. The molecule has 1 amide bonds. The van der Waals surface area contributed by atoms with Gasteiger partial charge in [0, 0.05) is 64.1 Å². The number of alkyl halides is 3.